The first-order chi connectivity index (χ1) is 12.3. The van der Waals surface area contributed by atoms with Gasteiger partial charge in [0.15, 0.2) is 0 Å². The van der Waals surface area contributed by atoms with E-state index in [1.165, 1.54) is 0 Å². The summed E-state index contributed by atoms with van der Waals surface area (Å²) in [5.41, 5.74) is 7.94. The van der Waals surface area contributed by atoms with Crippen LogP contribution in [0, 0.1) is 5.82 Å². The van der Waals surface area contributed by atoms with E-state index in [2.05, 4.69) is 9.46 Å². The Morgan fingerprint density at radius 2 is 2.00 bits per heavy atom. The summed E-state index contributed by atoms with van der Waals surface area (Å²) in [4.78, 5) is 11.6. The summed E-state index contributed by atoms with van der Waals surface area (Å²) in [6, 6.07) is 7.85. The largest absolute Gasteiger partial charge is 0.465 e. The van der Waals surface area contributed by atoms with Crippen LogP contribution in [0.4, 0.5) is 10.1 Å². The van der Waals surface area contributed by atoms with E-state index in [9.17, 15) is 17.6 Å². The predicted molar refractivity (Wildman–Crippen MR) is 102 cm³/mol. The van der Waals surface area contributed by atoms with Crippen LogP contribution < -0.4 is 10.5 Å². The number of carbonyl (C=O) groups is 1. The summed E-state index contributed by atoms with van der Waals surface area (Å²) >= 11 is 0. The third-order valence-corrected chi connectivity index (χ3v) is 5.95. The summed E-state index contributed by atoms with van der Waals surface area (Å²) in [6.07, 6.45) is 2.24. The number of carbonyl (C=O) groups excluding carboxylic acids is 1. The predicted octanol–water partition coefficient (Wildman–Crippen LogP) is 2.97. The highest BCUT2D eigenvalue weighted by molar-refractivity contribution is 7.89. The van der Waals surface area contributed by atoms with E-state index in [0.29, 0.717) is 12.1 Å². The van der Waals surface area contributed by atoms with Crippen molar-refractivity contribution < 1.29 is 22.3 Å². The maximum Gasteiger partial charge on any atom is 0.339 e. The van der Waals surface area contributed by atoms with Gasteiger partial charge < -0.3 is 10.5 Å². The number of methoxy groups -OCH3 is 1. The SMILES string of the molecule is COC(=O)c1cc(F)ccc1S(=O)(=O)NC1CCCc2cc(N)ccc21.Cl. The Hall–Kier alpha value is -2.16. The molecular formula is C18H20ClFN2O4S. The average molecular weight is 415 g/mol. The Morgan fingerprint density at radius 1 is 1.26 bits per heavy atom. The van der Waals surface area contributed by atoms with Crippen LogP contribution in [-0.2, 0) is 21.2 Å². The molecule has 0 aliphatic heterocycles. The van der Waals surface area contributed by atoms with Gasteiger partial charge in [0.1, 0.15) is 5.82 Å². The van der Waals surface area contributed by atoms with Gasteiger partial charge in [-0.25, -0.2) is 22.3 Å². The third-order valence-electron chi connectivity index (χ3n) is 4.42. The molecule has 0 heterocycles. The number of halogens is 2. The zero-order valence-corrected chi connectivity index (χ0v) is 16.2. The zero-order valence-electron chi connectivity index (χ0n) is 14.6. The number of aryl methyl sites for hydroxylation is 1. The van der Waals surface area contributed by atoms with Crippen LogP contribution >= 0.6 is 12.4 Å². The lowest BCUT2D eigenvalue weighted by Gasteiger charge is -2.26. The standard InChI is InChI=1S/C18H19FN2O4S.ClH/c1-25-18(22)15-10-12(19)5-8-17(15)26(23,24)21-16-4-2-3-11-9-13(20)6-7-14(11)16;/h5-10,16,21H,2-4,20H2,1H3;1H. The van der Waals surface area contributed by atoms with Gasteiger partial charge in [0, 0.05) is 11.7 Å². The summed E-state index contributed by atoms with van der Waals surface area (Å²) in [7, 11) is -2.95. The lowest BCUT2D eigenvalue weighted by atomic mass is 9.88. The number of hydrogen-bond acceptors (Lipinski definition) is 5. The molecule has 2 aromatic carbocycles. The van der Waals surface area contributed by atoms with Crippen molar-refractivity contribution in [3.63, 3.8) is 0 Å². The lowest BCUT2D eigenvalue weighted by Crippen LogP contribution is -2.32. The minimum absolute atomic E-state index is 0. The fourth-order valence-electron chi connectivity index (χ4n) is 3.21. The highest BCUT2D eigenvalue weighted by Gasteiger charge is 2.29. The molecule has 3 rings (SSSR count). The van der Waals surface area contributed by atoms with E-state index in [0.717, 1.165) is 49.3 Å². The van der Waals surface area contributed by atoms with E-state index >= 15 is 0 Å². The number of fused-ring (bicyclic) bond motifs is 1. The van der Waals surface area contributed by atoms with Gasteiger partial charge in [0.05, 0.1) is 17.6 Å². The Morgan fingerprint density at radius 3 is 2.70 bits per heavy atom. The molecule has 0 spiro atoms. The summed E-state index contributed by atoms with van der Waals surface area (Å²) in [6.45, 7) is 0. The molecule has 1 aliphatic carbocycles. The highest BCUT2D eigenvalue weighted by Crippen LogP contribution is 2.32. The molecule has 0 fully saturated rings. The second-order valence-corrected chi connectivity index (χ2v) is 7.84. The van der Waals surface area contributed by atoms with Crippen LogP contribution in [0.15, 0.2) is 41.3 Å². The molecule has 1 unspecified atom stereocenters. The first-order valence-corrected chi connectivity index (χ1v) is 9.58. The number of esters is 1. The van der Waals surface area contributed by atoms with E-state index < -0.39 is 27.9 Å². The fourth-order valence-corrected chi connectivity index (χ4v) is 4.64. The average Bonchev–Trinajstić information content (AvgIpc) is 2.60. The van der Waals surface area contributed by atoms with Crippen molar-refractivity contribution in [2.75, 3.05) is 12.8 Å². The second kappa shape index (κ2) is 8.24. The van der Waals surface area contributed by atoms with Crippen LogP contribution in [0.5, 0.6) is 0 Å². The highest BCUT2D eigenvalue weighted by atomic mass is 35.5. The molecule has 146 valence electrons. The molecule has 0 saturated carbocycles. The van der Waals surface area contributed by atoms with Crippen molar-refractivity contribution in [2.24, 2.45) is 0 Å². The molecule has 6 nitrogen and oxygen atoms in total. The fraction of sp³-hybridized carbons (Fsp3) is 0.278. The molecule has 0 radical (unpaired) electrons. The summed E-state index contributed by atoms with van der Waals surface area (Å²) in [5.74, 6) is -1.63. The summed E-state index contributed by atoms with van der Waals surface area (Å²) < 4.78 is 46.4. The number of nitrogens with one attached hydrogen (secondary N) is 1. The van der Waals surface area contributed by atoms with Crippen molar-refractivity contribution in [3.05, 3.63) is 58.9 Å². The van der Waals surface area contributed by atoms with Crippen LogP contribution in [0.2, 0.25) is 0 Å². The Balaban J connectivity index is 0.00000261. The first-order valence-electron chi connectivity index (χ1n) is 8.10. The third kappa shape index (κ3) is 4.40. The number of ether oxygens (including phenoxy) is 1. The zero-order chi connectivity index (χ0) is 18.9. The Bertz CT molecular complexity index is 966. The topological polar surface area (TPSA) is 98.5 Å². The van der Waals surface area contributed by atoms with Gasteiger partial charge in [0.2, 0.25) is 10.0 Å². The van der Waals surface area contributed by atoms with Crippen LogP contribution in [-0.4, -0.2) is 21.5 Å². The molecule has 9 heteroatoms. The second-order valence-electron chi connectivity index (χ2n) is 6.16. The molecule has 0 bridgehead atoms. The van der Waals surface area contributed by atoms with E-state index in [1.807, 2.05) is 12.1 Å². The first kappa shape index (κ1) is 21.1. The van der Waals surface area contributed by atoms with Gasteiger partial charge in [-0.05, 0) is 60.7 Å². The number of nitrogen functional groups attached to an aromatic ring is 1. The van der Waals surface area contributed by atoms with Crippen molar-refractivity contribution in [1.82, 2.24) is 4.72 Å². The molecule has 0 saturated heterocycles. The van der Waals surface area contributed by atoms with Crippen molar-refractivity contribution in [2.45, 2.75) is 30.2 Å². The Labute approximate surface area is 163 Å². The lowest BCUT2D eigenvalue weighted by molar-refractivity contribution is 0.0595. The van der Waals surface area contributed by atoms with Crippen LogP contribution in [0.1, 0.15) is 40.4 Å². The van der Waals surface area contributed by atoms with Gasteiger partial charge in [0.25, 0.3) is 0 Å². The molecule has 27 heavy (non-hydrogen) atoms. The molecule has 3 N–H and O–H groups in total. The molecule has 2 aromatic rings. The maximum absolute atomic E-state index is 13.5. The van der Waals surface area contributed by atoms with Gasteiger partial charge in [-0.1, -0.05) is 6.07 Å². The number of nitrogens with two attached hydrogens (primary N) is 1. The van der Waals surface area contributed by atoms with Crippen LogP contribution in [0.25, 0.3) is 0 Å². The van der Waals surface area contributed by atoms with Gasteiger partial charge >= 0.3 is 5.97 Å². The Kier molecular flexibility index (Phi) is 6.46. The van der Waals surface area contributed by atoms with Crippen molar-refractivity contribution >= 4 is 34.1 Å². The molecular weight excluding hydrogens is 395 g/mol. The minimum Gasteiger partial charge on any atom is -0.465 e. The smallest absolute Gasteiger partial charge is 0.339 e. The number of sulfonamides is 1. The van der Waals surface area contributed by atoms with E-state index in [-0.39, 0.29) is 22.9 Å². The maximum atomic E-state index is 13.5. The van der Waals surface area contributed by atoms with Gasteiger partial charge in [-0.2, -0.15) is 0 Å². The van der Waals surface area contributed by atoms with Crippen molar-refractivity contribution in [1.29, 1.82) is 0 Å². The molecule has 1 aliphatic rings. The number of anilines is 1. The molecule has 0 amide bonds. The number of rotatable bonds is 4. The summed E-state index contributed by atoms with van der Waals surface area (Å²) in [5, 5.41) is 0. The quantitative estimate of drug-likeness (QED) is 0.592. The monoisotopic (exact) mass is 414 g/mol. The van der Waals surface area contributed by atoms with Crippen LogP contribution in [0.3, 0.4) is 0 Å². The van der Waals surface area contributed by atoms with E-state index in [4.69, 9.17) is 5.73 Å². The van der Waals surface area contributed by atoms with Gasteiger partial charge in [-0.15, -0.1) is 12.4 Å². The number of benzene rings is 2. The molecule has 1 atom stereocenters. The number of hydrogen-bond donors (Lipinski definition) is 2. The van der Waals surface area contributed by atoms with Gasteiger partial charge in [-0.3, -0.25) is 0 Å². The molecule has 0 aromatic heterocycles. The normalized spacial score (nSPS) is 16.1. The van der Waals surface area contributed by atoms with E-state index in [1.54, 1.807) is 6.07 Å². The minimum atomic E-state index is -4.06. The van der Waals surface area contributed by atoms with Crippen molar-refractivity contribution in [3.8, 4) is 0 Å².